The van der Waals surface area contributed by atoms with Crippen LogP contribution in [0.5, 0.6) is 17.5 Å². The standard InChI is InChI=1S/C27H29N3O7S/c31-23-13-7-6-12-22(23)28-14-16-29(17-15-28)27(34)24(37-38(35,36)19-8-2-1-3-9-19)18-30-25(32)20-10-4-5-11-21(20)26(30)33/h1-9,12-13,24,31-33H,10-11,14-18H2. The van der Waals surface area contributed by atoms with Gasteiger partial charge in [-0.05, 0) is 37.1 Å². The van der Waals surface area contributed by atoms with Crippen LogP contribution in [-0.4, -0.2) is 71.4 Å². The molecule has 1 amide bonds. The van der Waals surface area contributed by atoms with Crippen molar-refractivity contribution in [2.75, 3.05) is 31.1 Å². The highest BCUT2D eigenvalue weighted by molar-refractivity contribution is 7.86. The molecule has 1 unspecified atom stereocenters. The van der Waals surface area contributed by atoms with Crippen molar-refractivity contribution in [2.24, 2.45) is 0 Å². The van der Waals surface area contributed by atoms with E-state index in [-0.39, 0.29) is 35.5 Å². The zero-order chi connectivity index (χ0) is 26.9. The van der Waals surface area contributed by atoms with Gasteiger partial charge in [0.2, 0.25) is 0 Å². The van der Waals surface area contributed by atoms with Crippen LogP contribution in [0.2, 0.25) is 0 Å². The van der Waals surface area contributed by atoms with Crippen molar-refractivity contribution < 1.29 is 32.7 Å². The number of allylic oxidation sites excluding steroid dienone is 2. The van der Waals surface area contributed by atoms with Crippen molar-refractivity contribution in [1.82, 2.24) is 9.47 Å². The highest BCUT2D eigenvalue weighted by atomic mass is 32.2. The number of aromatic nitrogens is 1. The van der Waals surface area contributed by atoms with Gasteiger partial charge < -0.3 is 25.1 Å². The fraction of sp³-hybridized carbons (Fsp3) is 0.296. The second kappa shape index (κ2) is 10.4. The Kier molecular flexibility index (Phi) is 7.04. The second-order valence-corrected chi connectivity index (χ2v) is 10.8. The Labute approximate surface area is 220 Å². The molecule has 0 saturated carbocycles. The Bertz CT molecular complexity index is 1430. The average molecular weight is 540 g/mol. The maximum atomic E-state index is 13.7. The van der Waals surface area contributed by atoms with Gasteiger partial charge in [0.15, 0.2) is 17.9 Å². The summed E-state index contributed by atoms with van der Waals surface area (Å²) in [4.78, 5) is 17.0. The monoisotopic (exact) mass is 539 g/mol. The molecule has 3 aromatic rings. The third kappa shape index (κ3) is 4.94. The van der Waals surface area contributed by atoms with E-state index in [1.807, 2.05) is 23.1 Å². The van der Waals surface area contributed by atoms with E-state index in [1.54, 1.807) is 36.4 Å². The van der Waals surface area contributed by atoms with Crippen molar-refractivity contribution in [3.05, 3.63) is 77.9 Å². The third-order valence-electron chi connectivity index (χ3n) is 6.94. The van der Waals surface area contributed by atoms with E-state index in [0.29, 0.717) is 42.7 Å². The number of rotatable bonds is 7. The van der Waals surface area contributed by atoms with E-state index < -0.39 is 28.7 Å². The number of phenols is 1. The number of benzene rings is 2. The molecule has 0 radical (unpaired) electrons. The molecule has 2 aliphatic rings. The van der Waals surface area contributed by atoms with E-state index in [1.165, 1.54) is 17.0 Å². The first-order chi connectivity index (χ1) is 18.3. The van der Waals surface area contributed by atoms with Crippen LogP contribution < -0.4 is 4.90 Å². The van der Waals surface area contributed by atoms with E-state index in [4.69, 9.17) is 4.18 Å². The predicted octanol–water partition coefficient (Wildman–Crippen LogP) is 2.38. The Balaban J connectivity index is 1.40. The number of amides is 1. The van der Waals surface area contributed by atoms with Crippen LogP contribution in [0.1, 0.15) is 11.1 Å². The van der Waals surface area contributed by atoms with Crippen LogP contribution in [0.25, 0.3) is 0 Å². The number of hydrogen-bond acceptors (Lipinski definition) is 8. The van der Waals surface area contributed by atoms with Crippen molar-refractivity contribution in [3.63, 3.8) is 0 Å². The average Bonchev–Trinajstić information content (AvgIpc) is 3.18. The van der Waals surface area contributed by atoms with Gasteiger partial charge in [-0.3, -0.25) is 13.5 Å². The summed E-state index contributed by atoms with van der Waals surface area (Å²) in [5, 5.41) is 31.8. The van der Waals surface area contributed by atoms with Crippen molar-refractivity contribution in [1.29, 1.82) is 0 Å². The highest BCUT2D eigenvalue weighted by Crippen LogP contribution is 2.37. The molecule has 1 aliphatic carbocycles. The highest BCUT2D eigenvalue weighted by Gasteiger charge is 2.35. The fourth-order valence-electron chi connectivity index (χ4n) is 4.91. The van der Waals surface area contributed by atoms with Gasteiger partial charge in [0.05, 0.1) is 17.1 Å². The lowest BCUT2D eigenvalue weighted by atomic mass is 10.0. The molecule has 38 heavy (non-hydrogen) atoms. The molecule has 1 atom stereocenters. The summed E-state index contributed by atoms with van der Waals surface area (Å²) in [7, 11) is -4.33. The molecular formula is C27H29N3O7S. The number of phenolic OH excluding ortho intramolecular Hbond substituents is 1. The van der Waals surface area contributed by atoms with Gasteiger partial charge >= 0.3 is 0 Å². The minimum Gasteiger partial charge on any atom is -0.506 e. The number of fused-ring (bicyclic) bond motifs is 1. The number of aromatic hydroxyl groups is 3. The summed E-state index contributed by atoms with van der Waals surface area (Å²) in [6.07, 6.45) is 3.04. The topological polar surface area (TPSA) is 133 Å². The van der Waals surface area contributed by atoms with Gasteiger partial charge in [-0.1, -0.05) is 42.5 Å². The first-order valence-electron chi connectivity index (χ1n) is 12.3. The number of piperazine rings is 1. The lowest BCUT2D eigenvalue weighted by Crippen LogP contribution is -2.53. The summed E-state index contributed by atoms with van der Waals surface area (Å²) in [6.45, 7) is 0.975. The normalized spacial score (nSPS) is 16.3. The van der Waals surface area contributed by atoms with Crippen LogP contribution in [0.4, 0.5) is 5.69 Å². The summed E-state index contributed by atoms with van der Waals surface area (Å²) >= 11 is 0. The first kappa shape index (κ1) is 25.7. The molecule has 3 N–H and O–H groups in total. The molecule has 1 aliphatic heterocycles. The van der Waals surface area contributed by atoms with Gasteiger partial charge in [-0.15, -0.1) is 0 Å². The Hall–Kier alpha value is -3.96. The number of nitrogens with zero attached hydrogens (tertiary/aromatic N) is 3. The number of para-hydroxylation sites is 2. The minimum atomic E-state index is -4.33. The van der Waals surface area contributed by atoms with Crippen LogP contribution in [0.15, 0.2) is 71.6 Å². The Morgan fingerprint density at radius 3 is 2.03 bits per heavy atom. The van der Waals surface area contributed by atoms with E-state index in [2.05, 4.69) is 0 Å². The molecule has 1 aromatic heterocycles. The minimum absolute atomic E-state index is 0.105. The second-order valence-electron chi connectivity index (χ2n) is 9.25. The van der Waals surface area contributed by atoms with E-state index in [9.17, 15) is 28.5 Å². The number of carbonyl (C=O) groups excluding carboxylic acids is 1. The molecule has 1 fully saturated rings. The summed E-state index contributed by atoms with van der Waals surface area (Å²) < 4.78 is 32.8. The number of carbonyl (C=O) groups is 1. The zero-order valence-corrected chi connectivity index (χ0v) is 21.4. The fourth-order valence-corrected chi connectivity index (χ4v) is 5.96. The molecule has 11 heteroatoms. The quantitative estimate of drug-likeness (QED) is 0.308. The molecule has 0 bridgehead atoms. The molecule has 10 nitrogen and oxygen atoms in total. The summed E-state index contributed by atoms with van der Waals surface area (Å²) in [6, 6.07) is 14.4. The smallest absolute Gasteiger partial charge is 0.297 e. The molecule has 5 rings (SSSR count). The SMILES string of the molecule is O=C(C(Cn1c(O)c2c(c1O)CC=CC2)OS(=O)(=O)c1ccccc1)N1CCN(c2ccccc2O)CC1. The van der Waals surface area contributed by atoms with Gasteiger partial charge in [0.1, 0.15) is 5.75 Å². The first-order valence-corrected chi connectivity index (χ1v) is 13.7. The van der Waals surface area contributed by atoms with Crippen LogP contribution in [-0.2, 0) is 38.5 Å². The number of anilines is 1. The molecule has 1 saturated heterocycles. The van der Waals surface area contributed by atoms with Crippen LogP contribution >= 0.6 is 0 Å². The lowest BCUT2D eigenvalue weighted by molar-refractivity contribution is -0.139. The largest absolute Gasteiger partial charge is 0.506 e. The maximum Gasteiger partial charge on any atom is 0.297 e. The van der Waals surface area contributed by atoms with Crippen molar-refractivity contribution >= 4 is 21.7 Å². The van der Waals surface area contributed by atoms with Gasteiger partial charge in [0.25, 0.3) is 16.0 Å². The number of hydrogen-bond donors (Lipinski definition) is 3. The summed E-state index contributed by atoms with van der Waals surface area (Å²) in [5.74, 6) is -0.876. The molecule has 0 spiro atoms. The molecule has 200 valence electrons. The third-order valence-corrected chi connectivity index (χ3v) is 8.27. The van der Waals surface area contributed by atoms with Crippen molar-refractivity contribution in [2.45, 2.75) is 30.4 Å². The van der Waals surface area contributed by atoms with Crippen LogP contribution in [0.3, 0.4) is 0 Å². The molecule has 2 heterocycles. The maximum absolute atomic E-state index is 13.7. The van der Waals surface area contributed by atoms with E-state index >= 15 is 0 Å². The molecular weight excluding hydrogens is 510 g/mol. The Morgan fingerprint density at radius 2 is 1.42 bits per heavy atom. The van der Waals surface area contributed by atoms with Crippen LogP contribution in [0, 0.1) is 0 Å². The predicted molar refractivity (Wildman–Crippen MR) is 140 cm³/mol. The molecule has 2 aromatic carbocycles. The summed E-state index contributed by atoms with van der Waals surface area (Å²) in [5.41, 5.74) is 1.73. The van der Waals surface area contributed by atoms with Gasteiger partial charge in [-0.25, -0.2) is 0 Å². The van der Waals surface area contributed by atoms with E-state index in [0.717, 1.165) is 4.57 Å². The van der Waals surface area contributed by atoms with Gasteiger partial charge in [-0.2, -0.15) is 8.42 Å². The lowest BCUT2D eigenvalue weighted by Gasteiger charge is -2.37. The van der Waals surface area contributed by atoms with Gasteiger partial charge in [0, 0.05) is 37.3 Å². The Morgan fingerprint density at radius 1 is 0.842 bits per heavy atom. The zero-order valence-electron chi connectivity index (χ0n) is 20.6. The van der Waals surface area contributed by atoms with Crippen molar-refractivity contribution in [3.8, 4) is 17.5 Å².